The second-order valence-electron chi connectivity index (χ2n) is 4.09. The Morgan fingerprint density at radius 1 is 1.50 bits per heavy atom. The first-order valence-electron chi connectivity index (χ1n) is 6.07. The second kappa shape index (κ2) is 7.60. The van der Waals surface area contributed by atoms with Crippen molar-refractivity contribution < 1.29 is 9.53 Å². The molecule has 5 heteroatoms. The Hall–Kier alpha value is -0.650. The molecule has 5 nitrogen and oxygen atoms in total. The predicted octanol–water partition coefficient (Wildman–Crippen LogP) is -0.438. The highest BCUT2D eigenvalue weighted by atomic mass is 16.5. The van der Waals surface area contributed by atoms with Crippen molar-refractivity contribution in [2.75, 3.05) is 39.3 Å². The van der Waals surface area contributed by atoms with Gasteiger partial charge in [0.2, 0.25) is 5.91 Å². The van der Waals surface area contributed by atoms with Gasteiger partial charge in [-0.15, -0.1) is 0 Å². The van der Waals surface area contributed by atoms with E-state index in [1.54, 1.807) is 0 Å². The lowest BCUT2D eigenvalue weighted by molar-refractivity contribution is -0.122. The number of hydrogen-bond acceptors (Lipinski definition) is 4. The number of nitrogens with one attached hydrogen (secondary N) is 1. The zero-order valence-corrected chi connectivity index (χ0v) is 10.1. The zero-order chi connectivity index (χ0) is 11.8. The maximum Gasteiger partial charge on any atom is 0.234 e. The van der Waals surface area contributed by atoms with Crippen molar-refractivity contribution in [3.8, 4) is 0 Å². The summed E-state index contributed by atoms with van der Waals surface area (Å²) in [4.78, 5) is 13.5. The number of carbonyl (C=O) groups is 1. The van der Waals surface area contributed by atoms with E-state index < -0.39 is 0 Å². The Balaban J connectivity index is 2.14. The smallest absolute Gasteiger partial charge is 0.234 e. The van der Waals surface area contributed by atoms with Crippen molar-refractivity contribution in [2.24, 2.45) is 5.73 Å². The van der Waals surface area contributed by atoms with E-state index in [1.165, 1.54) is 0 Å². The number of nitrogens with zero attached hydrogens (tertiary/aromatic N) is 1. The molecule has 3 N–H and O–H groups in total. The van der Waals surface area contributed by atoms with E-state index >= 15 is 0 Å². The molecular formula is C11H23N3O2. The molecule has 0 unspecified atom stereocenters. The first kappa shape index (κ1) is 13.4. The Bertz CT molecular complexity index is 203. The number of piperidine rings is 1. The molecule has 0 aromatic heterocycles. The van der Waals surface area contributed by atoms with Gasteiger partial charge in [0.15, 0.2) is 0 Å². The third-order valence-corrected chi connectivity index (χ3v) is 2.75. The number of likely N-dealkylation sites (N-methyl/N-ethyl adjacent to an activating group) is 1. The normalized spacial score (nSPS) is 18.6. The van der Waals surface area contributed by atoms with Crippen molar-refractivity contribution in [2.45, 2.75) is 25.9 Å². The van der Waals surface area contributed by atoms with Gasteiger partial charge in [0.05, 0.1) is 19.3 Å². The molecule has 0 aromatic carbocycles. The Morgan fingerprint density at radius 3 is 2.75 bits per heavy atom. The van der Waals surface area contributed by atoms with Crippen LogP contribution in [0.3, 0.4) is 0 Å². The fourth-order valence-electron chi connectivity index (χ4n) is 1.92. The number of ether oxygens (including phenoxy) is 1. The zero-order valence-electron chi connectivity index (χ0n) is 10.1. The molecular weight excluding hydrogens is 206 g/mol. The second-order valence-corrected chi connectivity index (χ2v) is 4.09. The summed E-state index contributed by atoms with van der Waals surface area (Å²) in [6.07, 6.45) is 2.33. The van der Waals surface area contributed by atoms with Gasteiger partial charge in [-0.3, -0.25) is 9.69 Å². The molecule has 1 fully saturated rings. The molecule has 94 valence electrons. The van der Waals surface area contributed by atoms with Crippen LogP contribution in [0.15, 0.2) is 0 Å². The van der Waals surface area contributed by atoms with Gasteiger partial charge in [-0.2, -0.15) is 0 Å². The summed E-state index contributed by atoms with van der Waals surface area (Å²) in [5, 5.41) is 2.81. The van der Waals surface area contributed by atoms with E-state index in [4.69, 9.17) is 10.5 Å². The summed E-state index contributed by atoms with van der Waals surface area (Å²) in [5.74, 6) is 0.115. The van der Waals surface area contributed by atoms with Crippen molar-refractivity contribution in [3.05, 3.63) is 0 Å². The molecule has 0 aromatic rings. The lowest BCUT2D eigenvalue weighted by Crippen LogP contribution is -2.43. The fraction of sp³-hybridized carbons (Fsp3) is 0.909. The number of rotatable bonds is 6. The van der Waals surface area contributed by atoms with Gasteiger partial charge >= 0.3 is 0 Å². The SMILES string of the molecule is CCNC(=O)CN1CCC(OCCN)CC1. The predicted molar refractivity (Wildman–Crippen MR) is 63.2 cm³/mol. The van der Waals surface area contributed by atoms with Crippen LogP contribution in [0.1, 0.15) is 19.8 Å². The number of hydrogen-bond donors (Lipinski definition) is 2. The van der Waals surface area contributed by atoms with Crippen molar-refractivity contribution >= 4 is 5.91 Å². The largest absolute Gasteiger partial charge is 0.377 e. The van der Waals surface area contributed by atoms with Crippen LogP contribution >= 0.6 is 0 Å². The maximum atomic E-state index is 11.4. The van der Waals surface area contributed by atoms with Crippen LogP contribution in [0, 0.1) is 0 Å². The quantitative estimate of drug-likeness (QED) is 0.648. The van der Waals surface area contributed by atoms with E-state index in [2.05, 4.69) is 10.2 Å². The van der Waals surface area contributed by atoms with Gasteiger partial charge in [-0.1, -0.05) is 0 Å². The first-order chi connectivity index (χ1) is 7.76. The van der Waals surface area contributed by atoms with Crippen molar-refractivity contribution in [1.29, 1.82) is 0 Å². The van der Waals surface area contributed by atoms with Crippen LogP contribution < -0.4 is 11.1 Å². The number of likely N-dealkylation sites (tertiary alicyclic amines) is 1. The molecule has 1 saturated heterocycles. The molecule has 0 bridgehead atoms. The number of amides is 1. The third kappa shape index (κ3) is 4.92. The summed E-state index contributed by atoms with van der Waals surface area (Å²) in [6, 6.07) is 0. The monoisotopic (exact) mass is 229 g/mol. The maximum absolute atomic E-state index is 11.4. The molecule has 1 heterocycles. The van der Waals surface area contributed by atoms with Crippen molar-refractivity contribution in [3.63, 3.8) is 0 Å². The lowest BCUT2D eigenvalue weighted by atomic mass is 10.1. The Morgan fingerprint density at radius 2 is 2.19 bits per heavy atom. The van der Waals surface area contributed by atoms with Gasteiger partial charge in [0.25, 0.3) is 0 Å². The number of nitrogens with two attached hydrogens (primary N) is 1. The summed E-state index contributed by atoms with van der Waals surface area (Å²) >= 11 is 0. The van der Waals surface area contributed by atoms with Gasteiger partial charge < -0.3 is 15.8 Å². The minimum atomic E-state index is 0.115. The minimum absolute atomic E-state index is 0.115. The summed E-state index contributed by atoms with van der Waals surface area (Å²) in [6.45, 7) is 6.25. The highest BCUT2D eigenvalue weighted by Gasteiger charge is 2.20. The third-order valence-electron chi connectivity index (χ3n) is 2.75. The summed E-state index contributed by atoms with van der Waals surface area (Å²) < 4.78 is 5.58. The molecule has 0 atom stereocenters. The summed E-state index contributed by atoms with van der Waals surface area (Å²) in [7, 11) is 0. The Labute approximate surface area is 97.3 Å². The molecule has 16 heavy (non-hydrogen) atoms. The number of carbonyl (C=O) groups excluding carboxylic acids is 1. The average Bonchev–Trinajstić information content (AvgIpc) is 2.28. The molecule has 0 radical (unpaired) electrons. The van der Waals surface area contributed by atoms with Crippen LogP contribution in [-0.2, 0) is 9.53 Å². The van der Waals surface area contributed by atoms with Crippen molar-refractivity contribution in [1.82, 2.24) is 10.2 Å². The van der Waals surface area contributed by atoms with E-state index in [-0.39, 0.29) is 5.91 Å². The van der Waals surface area contributed by atoms with E-state index in [0.29, 0.717) is 32.3 Å². The summed E-state index contributed by atoms with van der Waals surface area (Å²) in [5.41, 5.74) is 5.38. The average molecular weight is 229 g/mol. The van der Waals surface area contributed by atoms with Crippen LogP contribution in [-0.4, -0.2) is 56.2 Å². The molecule has 1 aliphatic rings. The van der Waals surface area contributed by atoms with Crippen LogP contribution in [0.4, 0.5) is 0 Å². The molecule has 0 aliphatic carbocycles. The molecule has 1 amide bonds. The highest BCUT2D eigenvalue weighted by Crippen LogP contribution is 2.12. The lowest BCUT2D eigenvalue weighted by Gasteiger charge is -2.31. The van der Waals surface area contributed by atoms with Crippen LogP contribution in [0.25, 0.3) is 0 Å². The van der Waals surface area contributed by atoms with E-state index in [0.717, 1.165) is 25.9 Å². The fourth-order valence-corrected chi connectivity index (χ4v) is 1.92. The Kier molecular flexibility index (Phi) is 6.37. The van der Waals surface area contributed by atoms with Crippen LogP contribution in [0.5, 0.6) is 0 Å². The van der Waals surface area contributed by atoms with Gasteiger partial charge in [0, 0.05) is 26.2 Å². The minimum Gasteiger partial charge on any atom is -0.377 e. The molecule has 1 rings (SSSR count). The molecule has 1 aliphatic heterocycles. The highest BCUT2D eigenvalue weighted by molar-refractivity contribution is 5.77. The molecule has 0 spiro atoms. The first-order valence-corrected chi connectivity index (χ1v) is 6.07. The standard InChI is InChI=1S/C11H23N3O2/c1-2-13-11(15)9-14-6-3-10(4-7-14)16-8-5-12/h10H,2-9,12H2,1H3,(H,13,15). The van der Waals surface area contributed by atoms with Gasteiger partial charge in [-0.25, -0.2) is 0 Å². The van der Waals surface area contributed by atoms with Gasteiger partial charge in [-0.05, 0) is 19.8 Å². The van der Waals surface area contributed by atoms with Gasteiger partial charge in [0.1, 0.15) is 0 Å². The van der Waals surface area contributed by atoms with Crippen LogP contribution in [0.2, 0.25) is 0 Å². The topological polar surface area (TPSA) is 67.6 Å². The van der Waals surface area contributed by atoms with E-state index in [1.807, 2.05) is 6.92 Å². The van der Waals surface area contributed by atoms with E-state index in [9.17, 15) is 4.79 Å². The molecule has 0 saturated carbocycles.